The Morgan fingerprint density at radius 1 is 1.04 bits per heavy atom. The standard InChI is InChI=1S/C18H22Cl2N2O5/c1-6-18(12-7-8-13(19)14(20)9-12)15(23)21(16(24)26-10(2)3)22(18)17(25)27-11(4)5/h7-11H,6H2,1-5H3/t18-/m1/s1. The highest BCUT2D eigenvalue weighted by atomic mass is 35.5. The molecule has 0 N–H and O–H groups in total. The molecular weight excluding hydrogens is 395 g/mol. The molecule has 0 spiro atoms. The summed E-state index contributed by atoms with van der Waals surface area (Å²) >= 11 is 12.1. The zero-order valence-electron chi connectivity index (χ0n) is 15.8. The van der Waals surface area contributed by atoms with Crippen LogP contribution >= 0.6 is 23.2 Å². The largest absolute Gasteiger partial charge is 0.445 e. The number of ether oxygens (including phenoxy) is 2. The quantitative estimate of drug-likeness (QED) is 0.707. The summed E-state index contributed by atoms with van der Waals surface area (Å²) in [7, 11) is 0. The third-order valence-corrected chi connectivity index (χ3v) is 4.77. The van der Waals surface area contributed by atoms with Gasteiger partial charge in [0.05, 0.1) is 22.3 Å². The molecule has 0 radical (unpaired) electrons. The fourth-order valence-electron chi connectivity index (χ4n) is 2.89. The van der Waals surface area contributed by atoms with Crippen LogP contribution in [-0.4, -0.2) is 40.3 Å². The number of hydrogen-bond acceptors (Lipinski definition) is 5. The molecule has 0 aromatic heterocycles. The van der Waals surface area contributed by atoms with Crippen LogP contribution in [0.5, 0.6) is 0 Å². The molecule has 0 unspecified atom stereocenters. The van der Waals surface area contributed by atoms with Gasteiger partial charge in [-0.3, -0.25) is 4.79 Å². The van der Waals surface area contributed by atoms with Crippen molar-refractivity contribution in [1.82, 2.24) is 10.0 Å². The fraction of sp³-hybridized carbons (Fsp3) is 0.500. The summed E-state index contributed by atoms with van der Waals surface area (Å²) in [5.41, 5.74) is -1.00. The summed E-state index contributed by atoms with van der Waals surface area (Å²) in [6, 6.07) is 4.63. The van der Waals surface area contributed by atoms with Crippen molar-refractivity contribution in [3.8, 4) is 0 Å². The van der Waals surface area contributed by atoms with Crippen LogP contribution in [0.25, 0.3) is 0 Å². The summed E-state index contributed by atoms with van der Waals surface area (Å²) in [6.07, 6.45) is -2.49. The Morgan fingerprint density at radius 3 is 2.07 bits per heavy atom. The number of amides is 3. The van der Waals surface area contributed by atoms with Crippen molar-refractivity contribution >= 4 is 41.3 Å². The van der Waals surface area contributed by atoms with E-state index in [9.17, 15) is 14.4 Å². The minimum absolute atomic E-state index is 0.197. The molecule has 27 heavy (non-hydrogen) atoms. The Morgan fingerprint density at radius 2 is 1.59 bits per heavy atom. The third-order valence-electron chi connectivity index (χ3n) is 4.04. The van der Waals surface area contributed by atoms with Gasteiger partial charge >= 0.3 is 12.2 Å². The molecule has 1 saturated heterocycles. The highest BCUT2D eigenvalue weighted by Gasteiger charge is 2.65. The minimum Gasteiger partial charge on any atom is -0.445 e. The zero-order valence-corrected chi connectivity index (χ0v) is 17.3. The second-order valence-corrected chi connectivity index (χ2v) is 7.45. The number of hydrogen-bond donors (Lipinski definition) is 0. The van der Waals surface area contributed by atoms with E-state index in [0.29, 0.717) is 15.6 Å². The molecular formula is C18H22Cl2N2O5. The van der Waals surface area contributed by atoms with Crippen molar-refractivity contribution in [3.63, 3.8) is 0 Å². The van der Waals surface area contributed by atoms with Crippen molar-refractivity contribution in [3.05, 3.63) is 33.8 Å². The first-order valence-electron chi connectivity index (χ1n) is 8.57. The van der Waals surface area contributed by atoms with Gasteiger partial charge in [0.1, 0.15) is 0 Å². The van der Waals surface area contributed by atoms with Crippen molar-refractivity contribution in [1.29, 1.82) is 0 Å². The lowest BCUT2D eigenvalue weighted by molar-refractivity contribution is -0.204. The average Bonchev–Trinajstić information content (AvgIpc) is 2.54. The van der Waals surface area contributed by atoms with Crippen molar-refractivity contribution in [2.24, 2.45) is 0 Å². The Kier molecular flexibility index (Phi) is 6.27. The number of rotatable bonds is 4. The second-order valence-electron chi connectivity index (χ2n) is 6.64. The Labute approximate surface area is 168 Å². The fourth-order valence-corrected chi connectivity index (χ4v) is 3.19. The molecule has 1 heterocycles. The van der Waals surface area contributed by atoms with Gasteiger partial charge in [0.2, 0.25) is 0 Å². The van der Waals surface area contributed by atoms with Crippen LogP contribution in [0.1, 0.15) is 46.6 Å². The van der Waals surface area contributed by atoms with Crippen LogP contribution in [0.4, 0.5) is 9.59 Å². The van der Waals surface area contributed by atoms with Gasteiger partial charge in [0.15, 0.2) is 5.54 Å². The second kappa shape index (κ2) is 7.94. The Hall–Kier alpha value is -1.99. The predicted octanol–water partition coefficient (Wildman–Crippen LogP) is 4.75. The molecule has 1 aromatic carbocycles. The summed E-state index contributed by atoms with van der Waals surface area (Å²) < 4.78 is 10.3. The number of carbonyl (C=O) groups excluding carboxylic acids is 3. The molecule has 0 saturated carbocycles. The molecule has 0 aliphatic carbocycles. The van der Waals surface area contributed by atoms with Gasteiger partial charge in [-0.2, -0.15) is 5.01 Å². The first kappa shape index (κ1) is 21.3. The molecule has 148 valence electrons. The molecule has 1 aromatic rings. The average molecular weight is 417 g/mol. The van der Waals surface area contributed by atoms with E-state index in [1.165, 1.54) is 12.1 Å². The van der Waals surface area contributed by atoms with Gasteiger partial charge in [0.25, 0.3) is 5.91 Å². The maximum absolute atomic E-state index is 13.0. The van der Waals surface area contributed by atoms with Gasteiger partial charge in [0, 0.05) is 0 Å². The lowest BCUT2D eigenvalue weighted by Gasteiger charge is -2.55. The van der Waals surface area contributed by atoms with E-state index in [1.54, 1.807) is 40.7 Å². The first-order valence-corrected chi connectivity index (χ1v) is 9.33. The number of imide groups is 1. The summed E-state index contributed by atoms with van der Waals surface area (Å²) in [6.45, 7) is 8.35. The lowest BCUT2D eigenvalue weighted by Crippen LogP contribution is -2.78. The normalized spacial score (nSPS) is 19.4. The molecule has 1 aliphatic heterocycles. The van der Waals surface area contributed by atoms with Crippen molar-refractivity contribution in [2.45, 2.75) is 58.8 Å². The molecule has 2 rings (SSSR count). The van der Waals surface area contributed by atoms with Crippen LogP contribution in [-0.2, 0) is 19.8 Å². The third kappa shape index (κ3) is 3.71. The van der Waals surface area contributed by atoms with E-state index in [0.717, 1.165) is 5.01 Å². The molecule has 1 atom stereocenters. The molecule has 7 nitrogen and oxygen atoms in total. The van der Waals surface area contributed by atoms with Crippen LogP contribution < -0.4 is 0 Å². The van der Waals surface area contributed by atoms with Gasteiger partial charge in [-0.05, 0) is 51.8 Å². The minimum atomic E-state index is -1.43. The first-order chi connectivity index (χ1) is 12.6. The van der Waals surface area contributed by atoms with Gasteiger partial charge in [-0.25, -0.2) is 9.59 Å². The summed E-state index contributed by atoms with van der Waals surface area (Å²) in [5.74, 6) is -0.602. The molecule has 0 bridgehead atoms. The summed E-state index contributed by atoms with van der Waals surface area (Å²) in [5, 5.41) is 2.19. The topological polar surface area (TPSA) is 76.2 Å². The van der Waals surface area contributed by atoms with Crippen LogP contribution in [0.3, 0.4) is 0 Å². The molecule has 1 fully saturated rings. The number of carbonyl (C=O) groups is 3. The number of halogens is 2. The number of benzene rings is 1. The maximum atomic E-state index is 13.0. The maximum Gasteiger partial charge on any atom is 0.436 e. The predicted molar refractivity (Wildman–Crippen MR) is 100 cm³/mol. The van der Waals surface area contributed by atoms with Crippen molar-refractivity contribution in [2.75, 3.05) is 0 Å². The van der Waals surface area contributed by atoms with Crippen LogP contribution in [0, 0.1) is 0 Å². The van der Waals surface area contributed by atoms with Gasteiger partial charge < -0.3 is 9.47 Å². The van der Waals surface area contributed by atoms with Crippen molar-refractivity contribution < 1.29 is 23.9 Å². The van der Waals surface area contributed by atoms with E-state index in [1.807, 2.05) is 0 Å². The lowest BCUT2D eigenvalue weighted by atomic mass is 9.81. The molecule has 1 aliphatic rings. The van der Waals surface area contributed by atoms with Crippen LogP contribution in [0.15, 0.2) is 18.2 Å². The van der Waals surface area contributed by atoms with E-state index in [2.05, 4.69) is 0 Å². The number of nitrogens with zero attached hydrogens (tertiary/aromatic N) is 2. The highest BCUT2D eigenvalue weighted by Crippen LogP contribution is 2.46. The Bertz CT molecular complexity index is 768. The van der Waals surface area contributed by atoms with E-state index < -0.39 is 35.8 Å². The zero-order chi connectivity index (χ0) is 20.5. The van der Waals surface area contributed by atoms with Gasteiger partial charge in [-0.15, -0.1) is 5.01 Å². The van der Waals surface area contributed by atoms with E-state index in [4.69, 9.17) is 32.7 Å². The molecule has 9 heteroatoms. The monoisotopic (exact) mass is 416 g/mol. The Balaban J connectivity index is 2.53. The highest BCUT2D eigenvalue weighted by molar-refractivity contribution is 6.42. The summed E-state index contributed by atoms with van der Waals surface area (Å²) in [4.78, 5) is 38.1. The molecule has 3 amide bonds. The van der Waals surface area contributed by atoms with Crippen LogP contribution in [0.2, 0.25) is 10.0 Å². The SMILES string of the molecule is CC[C@@]1(c2ccc(Cl)c(Cl)c2)C(=O)N(C(=O)OC(C)C)N1C(=O)OC(C)C. The smallest absolute Gasteiger partial charge is 0.436 e. The number of hydrazine groups is 1. The van der Waals surface area contributed by atoms with Gasteiger partial charge in [-0.1, -0.05) is 36.2 Å². The van der Waals surface area contributed by atoms with E-state index in [-0.39, 0.29) is 11.4 Å². The van der Waals surface area contributed by atoms with E-state index >= 15 is 0 Å².